The Morgan fingerprint density at radius 2 is 2.00 bits per heavy atom. The summed E-state index contributed by atoms with van der Waals surface area (Å²) in [5.74, 6) is 1.85. The van der Waals surface area contributed by atoms with Crippen molar-refractivity contribution in [3.05, 3.63) is 71.3 Å². The lowest BCUT2D eigenvalue weighted by atomic mass is 9.87. The van der Waals surface area contributed by atoms with Crippen LogP contribution in [0.15, 0.2) is 53.6 Å². The van der Waals surface area contributed by atoms with E-state index in [1.807, 2.05) is 24.3 Å². The standard InChI is InChI=1S/C29H36N4O/c1-7-11-23(19-33(6)9-3)26-12-10-13-27(25(26)8-2)28-31-29(34-32-28)22-15-14-21(16-20(4)5)24(17-22)18-30/h7,10,12-15,17,20,23H,1,8-9,11,16,19H2,2-6H3. The fourth-order valence-corrected chi connectivity index (χ4v) is 4.48. The zero-order valence-electron chi connectivity index (χ0n) is 21.1. The number of rotatable bonds is 11. The van der Waals surface area contributed by atoms with Crippen LogP contribution < -0.4 is 0 Å². The summed E-state index contributed by atoms with van der Waals surface area (Å²) in [6, 6.07) is 14.5. The molecule has 34 heavy (non-hydrogen) atoms. The van der Waals surface area contributed by atoms with Crippen molar-refractivity contribution in [2.45, 2.75) is 52.9 Å². The first kappa shape index (κ1) is 25.4. The minimum Gasteiger partial charge on any atom is -0.334 e. The summed E-state index contributed by atoms with van der Waals surface area (Å²) in [6.45, 7) is 14.6. The average molecular weight is 457 g/mol. The van der Waals surface area contributed by atoms with Gasteiger partial charge < -0.3 is 9.42 Å². The molecule has 0 aliphatic rings. The van der Waals surface area contributed by atoms with Crippen LogP contribution >= 0.6 is 0 Å². The summed E-state index contributed by atoms with van der Waals surface area (Å²) in [5.41, 5.74) is 6.04. The highest BCUT2D eigenvalue weighted by Crippen LogP contribution is 2.33. The predicted octanol–water partition coefficient (Wildman–Crippen LogP) is 6.65. The van der Waals surface area contributed by atoms with E-state index in [9.17, 15) is 5.26 Å². The second kappa shape index (κ2) is 11.8. The van der Waals surface area contributed by atoms with Gasteiger partial charge in [-0.15, -0.1) is 6.58 Å². The third kappa shape index (κ3) is 5.81. The van der Waals surface area contributed by atoms with Crippen LogP contribution in [0.2, 0.25) is 0 Å². The number of allylic oxidation sites excluding steroid dienone is 1. The maximum absolute atomic E-state index is 9.63. The summed E-state index contributed by atoms with van der Waals surface area (Å²) >= 11 is 0. The Kier molecular flexibility index (Phi) is 8.79. The Bertz CT molecular complexity index is 1160. The summed E-state index contributed by atoms with van der Waals surface area (Å²) < 4.78 is 5.66. The Labute approximate surface area is 204 Å². The fraction of sp³-hybridized carbons (Fsp3) is 0.414. The Hall–Kier alpha value is -3.23. The zero-order valence-corrected chi connectivity index (χ0v) is 21.1. The van der Waals surface area contributed by atoms with E-state index in [2.05, 4.69) is 75.6 Å². The first-order valence-corrected chi connectivity index (χ1v) is 12.2. The maximum atomic E-state index is 9.63. The van der Waals surface area contributed by atoms with Crippen molar-refractivity contribution in [1.29, 1.82) is 5.26 Å². The molecule has 0 aliphatic heterocycles. The average Bonchev–Trinajstić information content (AvgIpc) is 3.33. The number of hydrogen-bond acceptors (Lipinski definition) is 5. The van der Waals surface area contributed by atoms with Gasteiger partial charge >= 0.3 is 0 Å². The van der Waals surface area contributed by atoms with Crippen LogP contribution in [-0.2, 0) is 12.8 Å². The number of nitriles is 1. The topological polar surface area (TPSA) is 66.0 Å². The van der Waals surface area contributed by atoms with Gasteiger partial charge in [-0.2, -0.15) is 10.2 Å². The first-order valence-electron chi connectivity index (χ1n) is 12.2. The Morgan fingerprint density at radius 3 is 2.65 bits per heavy atom. The fourth-order valence-electron chi connectivity index (χ4n) is 4.48. The van der Waals surface area contributed by atoms with Crippen LogP contribution in [0.25, 0.3) is 22.8 Å². The summed E-state index contributed by atoms with van der Waals surface area (Å²) in [7, 11) is 2.15. The number of benzene rings is 2. The van der Waals surface area contributed by atoms with Crippen LogP contribution in [0.4, 0.5) is 0 Å². The second-order valence-electron chi connectivity index (χ2n) is 9.31. The minimum absolute atomic E-state index is 0.357. The highest BCUT2D eigenvalue weighted by atomic mass is 16.5. The van der Waals surface area contributed by atoms with E-state index in [-0.39, 0.29) is 0 Å². The lowest BCUT2D eigenvalue weighted by Crippen LogP contribution is -2.25. The third-order valence-corrected chi connectivity index (χ3v) is 6.30. The van der Waals surface area contributed by atoms with Gasteiger partial charge in [0.2, 0.25) is 5.82 Å². The number of nitrogens with zero attached hydrogens (tertiary/aromatic N) is 4. The van der Waals surface area contributed by atoms with Gasteiger partial charge in [-0.25, -0.2) is 0 Å². The molecule has 1 heterocycles. The van der Waals surface area contributed by atoms with E-state index in [1.165, 1.54) is 11.1 Å². The van der Waals surface area contributed by atoms with E-state index in [0.717, 1.165) is 49.0 Å². The molecule has 0 aliphatic carbocycles. The van der Waals surface area contributed by atoms with Crippen molar-refractivity contribution in [2.24, 2.45) is 5.92 Å². The van der Waals surface area contributed by atoms with Crippen molar-refractivity contribution in [3.8, 4) is 28.9 Å². The SMILES string of the molecule is C=CCC(CN(C)CC)c1cccc(-c2noc(-c3ccc(CC(C)C)c(C#N)c3)n2)c1CC. The molecule has 3 aromatic rings. The molecule has 0 spiro atoms. The van der Waals surface area contributed by atoms with Crippen molar-refractivity contribution in [2.75, 3.05) is 20.1 Å². The quantitative estimate of drug-likeness (QED) is 0.302. The molecule has 0 radical (unpaired) electrons. The highest BCUT2D eigenvalue weighted by Gasteiger charge is 2.21. The van der Waals surface area contributed by atoms with Crippen molar-refractivity contribution >= 4 is 0 Å². The van der Waals surface area contributed by atoms with Gasteiger partial charge in [-0.1, -0.05) is 63.2 Å². The summed E-state index contributed by atoms with van der Waals surface area (Å²) in [5, 5.41) is 14.0. The van der Waals surface area contributed by atoms with Gasteiger partial charge in [0.25, 0.3) is 5.89 Å². The molecule has 0 amide bonds. The molecule has 178 valence electrons. The van der Waals surface area contributed by atoms with Gasteiger partial charge in [0.1, 0.15) is 0 Å². The van der Waals surface area contributed by atoms with E-state index >= 15 is 0 Å². The molecule has 1 unspecified atom stereocenters. The van der Waals surface area contributed by atoms with Gasteiger partial charge in [0, 0.05) is 23.6 Å². The van der Waals surface area contributed by atoms with Crippen LogP contribution in [0.3, 0.4) is 0 Å². The molecule has 0 saturated heterocycles. The van der Waals surface area contributed by atoms with E-state index in [1.54, 1.807) is 0 Å². The van der Waals surface area contributed by atoms with E-state index in [0.29, 0.717) is 29.1 Å². The first-order chi connectivity index (χ1) is 16.4. The third-order valence-electron chi connectivity index (χ3n) is 6.30. The van der Waals surface area contributed by atoms with E-state index < -0.39 is 0 Å². The van der Waals surface area contributed by atoms with Crippen LogP contribution in [0.1, 0.15) is 62.3 Å². The molecular weight excluding hydrogens is 420 g/mol. The molecule has 2 aromatic carbocycles. The van der Waals surface area contributed by atoms with Gasteiger partial charge in [-0.3, -0.25) is 0 Å². The predicted molar refractivity (Wildman–Crippen MR) is 139 cm³/mol. The smallest absolute Gasteiger partial charge is 0.258 e. The molecule has 0 bridgehead atoms. The van der Waals surface area contributed by atoms with E-state index in [4.69, 9.17) is 9.51 Å². The second-order valence-corrected chi connectivity index (χ2v) is 9.31. The normalized spacial score (nSPS) is 12.2. The highest BCUT2D eigenvalue weighted by molar-refractivity contribution is 5.66. The molecule has 0 fully saturated rings. The van der Waals surface area contributed by atoms with Crippen molar-refractivity contribution in [1.82, 2.24) is 15.0 Å². The lowest BCUT2D eigenvalue weighted by molar-refractivity contribution is 0.326. The minimum atomic E-state index is 0.357. The molecule has 0 N–H and O–H groups in total. The maximum Gasteiger partial charge on any atom is 0.258 e. The number of hydrogen-bond donors (Lipinski definition) is 0. The summed E-state index contributed by atoms with van der Waals surface area (Å²) in [6.07, 6.45) is 4.66. The molecule has 3 rings (SSSR count). The van der Waals surface area contributed by atoms with Gasteiger partial charge in [0.15, 0.2) is 0 Å². The van der Waals surface area contributed by atoms with Gasteiger partial charge in [0.05, 0.1) is 11.6 Å². The summed E-state index contributed by atoms with van der Waals surface area (Å²) in [4.78, 5) is 7.07. The van der Waals surface area contributed by atoms with Crippen molar-refractivity contribution < 1.29 is 4.52 Å². The Morgan fingerprint density at radius 1 is 1.21 bits per heavy atom. The number of aromatic nitrogens is 2. The molecule has 0 saturated carbocycles. The molecule has 5 nitrogen and oxygen atoms in total. The lowest BCUT2D eigenvalue weighted by Gasteiger charge is -2.25. The monoisotopic (exact) mass is 456 g/mol. The largest absolute Gasteiger partial charge is 0.334 e. The van der Waals surface area contributed by atoms with Crippen LogP contribution in [0, 0.1) is 17.2 Å². The molecule has 1 aromatic heterocycles. The number of likely N-dealkylation sites (N-methyl/N-ethyl adjacent to an activating group) is 1. The van der Waals surface area contributed by atoms with Crippen LogP contribution in [-0.4, -0.2) is 35.2 Å². The van der Waals surface area contributed by atoms with Crippen LogP contribution in [0.5, 0.6) is 0 Å². The molecule has 1 atom stereocenters. The van der Waals surface area contributed by atoms with Crippen molar-refractivity contribution in [3.63, 3.8) is 0 Å². The molecule has 5 heteroatoms. The zero-order chi connectivity index (χ0) is 24.7. The molecular formula is C29H36N4O. The van der Waals surface area contributed by atoms with Gasteiger partial charge in [-0.05, 0) is 67.6 Å². The Balaban J connectivity index is 1.99.